The normalized spacial score (nSPS) is 10.4. The van der Waals surface area contributed by atoms with Crippen LogP contribution in [0.3, 0.4) is 0 Å². The minimum atomic E-state index is 0.622. The Bertz CT molecular complexity index is 542. The van der Waals surface area contributed by atoms with Crippen LogP contribution in [0.25, 0.3) is 0 Å². The van der Waals surface area contributed by atoms with Gasteiger partial charge in [0.1, 0.15) is 17.5 Å². The minimum Gasteiger partial charge on any atom is -0.354 e. The van der Waals surface area contributed by atoms with Gasteiger partial charge in [-0.2, -0.15) is 0 Å². The maximum absolute atomic E-state index is 5.38. The van der Waals surface area contributed by atoms with E-state index >= 15 is 0 Å². The Morgan fingerprint density at radius 1 is 1.44 bits per heavy atom. The molecule has 0 radical (unpaired) electrons. The molecular weight excluding hydrogens is 314 g/mol. The van der Waals surface area contributed by atoms with Crippen LogP contribution in [0.5, 0.6) is 0 Å². The SMILES string of the molecule is Cc1nc(NN)cc(N(C)Cc2cc(Br)cs2)n1. The van der Waals surface area contributed by atoms with Crippen LogP contribution in [0.2, 0.25) is 0 Å². The minimum absolute atomic E-state index is 0.622. The lowest BCUT2D eigenvalue weighted by molar-refractivity contribution is 0.890. The topological polar surface area (TPSA) is 67.1 Å². The number of rotatable bonds is 4. The van der Waals surface area contributed by atoms with Gasteiger partial charge in [-0.1, -0.05) is 0 Å². The van der Waals surface area contributed by atoms with E-state index in [9.17, 15) is 0 Å². The first-order chi connectivity index (χ1) is 8.58. The van der Waals surface area contributed by atoms with E-state index in [1.165, 1.54) is 4.88 Å². The molecule has 0 spiro atoms. The molecule has 0 aliphatic rings. The van der Waals surface area contributed by atoms with E-state index in [-0.39, 0.29) is 0 Å². The lowest BCUT2D eigenvalue weighted by Crippen LogP contribution is -2.19. The molecule has 7 heteroatoms. The highest BCUT2D eigenvalue weighted by Gasteiger charge is 2.08. The molecule has 2 rings (SSSR count). The van der Waals surface area contributed by atoms with Gasteiger partial charge in [0.15, 0.2) is 0 Å². The Balaban J connectivity index is 2.17. The zero-order chi connectivity index (χ0) is 13.1. The second-order valence-corrected chi connectivity index (χ2v) is 5.80. The molecule has 0 atom stereocenters. The molecule has 0 aliphatic carbocycles. The highest BCUT2D eigenvalue weighted by atomic mass is 79.9. The van der Waals surface area contributed by atoms with Crippen LogP contribution in [0, 0.1) is 6.92 Å². The lowest BCUT2D eigenvalue weighted by atomic mass is 10.4. The summed E-state index contributed by atoms with van der Waals surface area (Å²) in [5, 5.41) is 2.07. The first kappa shape index (κ1) is 13.3. The third-order valence-corrected chi connectivity index (χ3v) is 4.06. The van der Waals surface area contributed by atoms with E-state index in [4.69, 9.17) is 5.84 Å². The highest BCUT2D eigenvalue weighted by molar-refractivity contribution is 9.10. The van der Waals surface area contributed by atoms with Gasteiger partial charge in [0.2, 0.25) is 0 Å². The van der Waals surface area contributed by atoms with Crippen LogP contribution >= 0.6 is 27.3 Å². The number of nitrogens with zero attached hydrogens (tertiary/aromatic N) is 3. The van der Waals surface area contributed by atoms with E-state index in [1.54, 1.807) is 11.3 Å². The summed E-state index contributed by atoms with van der Waals surface area (Å²) in [5.74, 6) is 7.54. The number of hydrogen-bond acceptors (Lipinski definition) is 6. The van der Waals surface area contributed by atoms with Crippen LogP contribution in [0.1, 0.15) is 10.7 Å². The molecule has 2 aromatic rings. The molecule has 0 saturated heterocycles. The molecule has 0 fully saturated rings. The van der Waals surface area contributed by atoms with Crippen molar-refractivity contribution in [2.24, 2.45) is 5.84 Å². The summed E-state index contributed by atoms with van der Waals surface area (Å²) < 4.78 is 1.11. The van der Waals surface area contributed by atoms with Crippen molar-refractivity contribution in [2.75, 3.05) is 17.4 Å². The fourth-order valence-corrected chi connectivity index (χ4v) is 3.08. The molecule has 0 unspecified atom stereocenters. The zero-order valence-electron chi connectivity index (χ0n) is 10.1. The average molecular weight is 328 g/mol. The monoisotopic (exact) mass is 327 g/mol. The number of nitrogens with one attached hydrogen (secondary N) is 1. The van der Waals surface area contributed by atoms with Crippen molar-refractivity contribution in [1.29, 1.82) is 0 Å². The van der Waals surface area contributed by atoms with E-state index < -0.39 is 0 Å². The van der Waals surface area contributed by atoms with Crippen molar-refractivity contribution in [3.63, 3.8) is 0 Å². The van der Waals surface area contributed by atoms with Crippen LogP contribution in [0.15, 0.2) is 22.0 Å². The molecule has 2 heterocycles. The van der Waals surface area contributed by atoms with Crippen molar-refractivity contribution < 1.29 is 0 Å². The van der Waals surface area contributed by atoms with Gasteiger partial charge < -0.3 is 10.3 Å². The molecule has 5 nitrogen and oxygen atoms in total. The number of aryl methyl sites for hydroxylation is 1. The summed E-state index contributed by atoms with van der Waals surface area (Å²) >= 11 is 5.17. The number of anilines is 2. The largest absolute Gasteiger partial charge is 0.354 e. The Morgan fingerprint density at radius 3 is 2.83 bits per heavy atom. The molecule has 18 heavy (non-hydrogen) atoms. The smallest absolute Gasteiger partial charge is 0.145 e. The fourth-order valence-electron chi connectivity index (χ4n) is 1.57. The summed E-state index contributed by atoms with van der Waals surface area (Å²) in [6, 6.07) is 3.94. The molecule has 0 aromatic carbocycles. The van der Waals surface area contributed by atoms with Crippen molar-refractivity contribution in [2.45, 2.75) is 13.5 Å². The summed E-state index contributed by atoms with van der Waals surface area (Å²) in [4.78, 5) is 11.9. The molecule has 0 amide bonds. The highest BCUT2D eigenvalue weighted by Crippen LogP contribution is 2.23. The maximum atomic E-state index is 5.38. The van der Waals surface area contributed by atoms with E-state index in [1.807, 2.05) is 20.0 Å². The number of nitrogens with two attached hydrogens (primary N) is 1. The van der Waals surface area contributed by atoms with Gasteiger partial charge in [0.05, 0.1) is 6.54 Å². The Kier molecular flexibility index (Phi) is 4.15. The number of nitrogen functional groups attached to an aromatic ring is 1. The average Bonchev–Trinajstić information content (AvgIpc) is 2.73. The van der Waals surface area contributed by atoms with Crippen molar-refractivity contribution in [3.8, 4) is 0 Å². The predicted molar refractivity (Wildman–Crippen MR) is 78.7 cm³/mol. The first-order valence-electron chi connectivity index (χ1n) is 5.35. The molecule has 2 aromatic heterocycles. The summed E-state index contributed by atoms with van der Waals surface area (Å²) in [6.07, 6.45) is 0. The van der Waals surface area contributed by atoms with Crippen LogP contribution in [0.4, 0.5) is 11.6 Å². The standard InChI is InChI=1S/C11H14BrN5S/c1-7-14-10(16-13)4-11(15-7)17(2)5-9-3-8(12)6-18-9/h3-4,6H,5,13H2,1-2H3,(H,14,15,16). The van der Waals surface area contributed by atoms with Crippen molar-refractivity contribution in [3.05, 3.63) is 32.7 Å². The van der Waals surface area contributed by atoms with E-state index in [2.05, 4.69) is 47.7 Å². The van der Waals surface area contributed by atoms with Crippen molar-refractivity contribution in [1.82, 2.24) is 9.97 Å². The van der Waals surface area contributed by atoms with Crippen LogP contribution in [-0.2, 0) is 6.54 Å². The Morgan fingerprint density at radius 2 is 2.22 bits per heavy atom. The summed E-state index contributed by atoms with van der Waals surface area (Å²) in [5.41, 5.74) is 2.55. The quantitative estimate of drug-likeness (QED) is 0.667. The second-order valence-electron chi connectivity index (χ2n) is 3.89. The van der Waals surface area contributed by atoms with E-state index in [0.717, 1.165) is 16.8 Å². The maximum Gasteiger partial charge on any atom is 0.145 e. The van der Waals surface area contributed by atoms with Gasteiger partial charge in [-0.25, -0.2) is 15.8 Å². The van der Waals surface area contributed by atoms with Gasteiger partial charge in [0.25, 0.3) is 0 Å². The molecule has 0 saturated carbocycles. The van der Waals surface area contributed by atoms with Gasteiger partial charge in [-0.15, -0.1) is 11.3 Å². The van der Waals surface area contributed by atoms with Crippen LogP contribution < -0.4 is 16.2 Å². The van der Waals surface area contributed by atoms with Gasteiger partial charge in [-0.3, -0.25) is 0 Å². The Hall–Kier alpha value is -1.18. The molecule has 0 bridgehead atoms. The molecular formula is C11H14BrN5S. The second kappa shape index (κ2) is 5.64. The molecule has 96 valence electrons. The molecule has 0 aliphatic heterocycles. The summed E-state index contributed by atoms with van der Waals surface area (Å²) in [7, 11) is 2.00. The third kappa shape index (κ3) is 3.18. The number of hydrogen-bond donors (Lipinski definition) is 2. The Labute approximate surface area is 118 Å². The van der Waals surface area contributed by atoms with Gasteiger partial charge >= 0.3 is 0 Å². The van der Waals surface area contributed by atoms with Crippen molar-refractivity contribution >= 4 is 38.9 Å². The summed E-state index contributed by atoms with van der Waals surface area (Å²) in [6.45, 7) is 2.65. The van der Waals surface area contributed by atoms with Crippen LogP contribution in [-0.4, -0.2) is 17.0 Å². The lowest BCUT2D eigenvalue weighted by Gasteiger charge is -2.18. The zero-order valence-corrected chi connectivity index (χ0v) is 12.5. The predicted octanol–water partition coefficient (Wildman–Crippen LogP) is 2.53. The fraction of sp³-hybridized carbons (Fsp3) is 0.273. The van der Waals surface area contributed by atoms with Gasteiger partial charge in [-0.05, 0) is 28.9 Å². The first-order valence-corrected chi connectivity index (χ1v) is 7.02. The van der Waals surface area contributed by atoms with E-state index in [0.29, 0.717) is 11.6 Å². The third-order valence-electron chi connectivity index (χ3n) is 2.38. The number of halogens is 1. The number of hydrazine groups is 1. The number of thiophene rings is 1. The molecule has 3 N–H and O–H groups in total. The number of aromatic nitrogens is 2. The van der Waals surface area contributed by atoms with Gasteiger partial charge in [0, 0.05) is 27.8 Å².